The Labute approximate surface area is 124 Å². The molecule has 0 radical (unpaired) electrons. The average Bonchev–Trinajstić information content (AvgIpc) is 2.40. The minimum Gasteiger partial charge on any atom is -0.369 e. The fourth-order valence-electron chi connectivity index (χ4n) is 2.66. The third-order valence-electron chi connectivity index (χ3n) is 3.75. The Morgan fingerprint density at radius 3 is 2.53 bits per heavy atom. The average molecular weight is 326 g/mol. The van der Waals surface area contributed by atoms with Gasteiger partial charge in [0, 0.05) is 42.4 Å². The highest BCUT2D eigenvalue weighted by Crippen LogP contribution is 2.27. The molecule has 4 heteroatoms. The maximum absolute atomic E-state index is 5.97. The predicted molar refractivity (Wildman–Crippen MR) is 85.8 cm³/mol. The first-order chi connectivity index (χ1) is 9.10. The summed E-state index contributed by atoms with van der Waals surface area (Å²) in [5, 5.41) is 0. The normalized spacial score (nSPS) is 18.6. The summed E-state index contributed by atoms with van der Waals surface area (Å²) in [5.74, 6) is 0. The molecule has 1 fully saturated rings. The lowest BCUT2D eigenvalue weighted by Crippen LogP contribution is -2.46. The van der Waals surface area contributed by atoms with Crippen molar-refractivity contribution in [3.8, 4) is 0 Å². The van der Waals surface area contributed by atoms with Crippen molar-refractivity contribution in [2.24, 2.45) is 5.73 Å². The fraction of sp³-hybridized carbons (Fsp3) is 0.600. The first-order valence-electron chi connectivity index (χ1n) is 7.11. The van der Waals surface area contributed by atoms with Crippen molar-refractivity contribution in [2.45, 2.75) is 26.3 Å². The minimum atomic E-state index is 0.205. The smallest absolute Gasteiger partial charge is 0.0411 e. The van der Waals surface area contributed by atoms with E-state index in [1.165, 1.54) is 11.3 Å². The molecule has 1 saturated heterocycles. The highest BCUT2D eigenvalue weighted by Gasteiger charge is 2.18. The third kappa shape index (κ3) is 3.94. The van der Waals surface area contributed by atoms with Crippen LogP contribution in [0.3, 0.4) is 0 Å². The molecule has 19 heavy (non-hydrogen) atoms. The summed E-state index contributed by atoms with van der Waals surface area (Å²) < 4.78 is 1.15. The number of likely N-dealkylation sites (N-methyl/N-ethyl adjacent to an activating group) is 1. The van der Waals surface area contributed by atoms with E-state index in [1.54, 1.807) is 0 Å². The van der Waals surface area contributed by atoms with Crippen molar-refractivity contribution in [3.63, 3.8) is 0 Å². The Bertz CT molecular complexity index is 412. The molecular formula is C15H24BrN3. The van der Waals surface area contributed by atoms with E-state index in [1.807, 2.05) is 0 Å². The maximum atomic E-state index is 5.97. The van der Waals surface area contributed by atoms with Crippen LogP contribution in [0.1, 0.15) is 19.4 Å². The Kier molecular flexibility index (Phi) is 5.25. The molecule has 0 amide bonds. The van der Waals surface area contributed by atoms with Crippen molar-refractivity contribution >= 4 is 21.6 Å². The first kappa shape index (κ1) is 14.8. The Hall–Kier alpha value is -0.580. The third-order valence-corrected chi connectivity index (χ3v) is 4.24. The first-order valence-corrected chi connectivity index (χ1v) is 7.90. The topological polar surface area (TPSA) is 32.5 Å². The number of hydrogen-bond acceptors (Lipinski definition) is 3. The van der Waals surface area contributed by atoms with Crippen molar-refractivity contribution in [3.05, 3.63) is 28.2 Å². The van der Waals surface area contributed by atoms with E-state index in [4.69, 9.17) is 5.73 Å². The predicted octanol–water partition coefficient (Wildman–Crippen LogP) is 2.48. The van der Waals surface area contributed by atoms with Crippen molar-refractivity contribution < 1.29 is 0 Å². The molecule has 0 spiro atoms. The monoisotopic (exact) mass is 325 g/mol. The minimum absolute atomic E-state index is 0.205. The molecule has 1 aliphatic heterocycles. The molecule has 1 heterocycles. The molecule has 1 aromatic rings. The van der Waals surface area contributed by atoms with Crippen molar-refractivity contribution in [1.29, 1.82) is 0 Å². The molecule has 106 valence electrons. The van der Waals surface area contributed by atoms with Crippen LogP contribution in [0.5, 0.6) is 0 Å². The van der Waals surface area contributed by atoms with Gasteiger partial charge in [0.05, 0.1) is 0 Å². The molecule has 0 aliphatic carbocycles. The number of anilines is 1. The van der Waals surface area contributed by atoms with Crippen LogP contribution in [0, 0.1) is 0 Å². The largest absolute Gasteiger partial charge is 0.369 e. The number of benzene rings is 1. The van der Waals surface area contributed by atoms with Gasteiger partial charge in [-0.3, -0.25) is 0 Å². The number of halogens is 1. The highest BCUT2D eigenvalue weighted by atomic mass is 79.9. The summed E-state index contributed by atoms with van der Waals surface area (Å²) in [5.41, 5.74) is 8.68. The van der Waals surface area contributed by atoms with Gasteiger partial charge in [-0.2, -0.15) is 0 Å². The van der Waals surface area contributed by atoms with E-state index in [0.717, 1.165) is 43.6 Å². The highest BCUT2D eigenvalue weighted by molar-refractivity contribution is 9.10. The second kappa shape index (κ2) is 6.73. The summed E-state index contributed by atoms with van der Waals surface area (Å²) in [6.07, 6.45) is 0.941. The molecule has 2 rings (SSSR count). The number of nitrogens with zero attached hydrogens (tertiary/aromatic N) is 2. The van der Waals surface area contributed by atoms with Crippen LogP contribution in [-0.4, -0.2) is 43.7 Å². The van der Waals surface area contributed by atoms with Gasteiger partial charge < -0.3 is 15.5 Å². The van der Waals surface area contributed by atoms with Gasteiger partial charge in [0.25, 0.3) is 0 Å². The lowest BCUT2D eigenvalue weighted by Gasteiger charge is -2.36. The van der Waals surface area contributed by atoms with E-state index >= 15 is 0 Å². The van der Waals surface area contributed by atoms with Crippen LogP contribution in [0.2, 0.25) is 0 Å². The zero-order valence-corrected chi connectivity index (χ0v) is 13.5. The van der Waals surface area contributed by atoms with Gasteiger partial charge in [-0.1, -0.05) is 28.9 Å². The Balaban J connectivity index is 2.16. The van der Waals surface area contributed by atoms with Crippen LogP contribution in [0.25, 0.3) is 0 Å². The van der Waals surface area contributed by atoms with Crippen molar-refractivity contribution in [2.75, 3.05) is 37.6 Å². The molecule has 1 aromatic carbocycles. The van der Waals surface area contributed by atoms with Crippen LogP contribution >= 0.6 is 15.9 Å². The SMILES string of the molecule is CCN1CCN(c2cc(Br)ccc2CC(C)N)CC1. The van der Waals surface area contributed by atoms with Crippen LogP contribution in [0.15, 0.2) is 22.7 Å². The number of hydrogen-bond donors (Lipinski definition) is 1. The number of nitrogens with two attached hydrogens (primary N) is 1. The summed E-state index contributed by atoms with van der Waals surface area (Å²) in [6.45, 7) is 9.98. The molecule has 0 saturated carbocycles. The summed E-state index contributed by atoms with van der Waals surface area (Å²) in [7, 11) is 0. The van der Waals surface area contributed by atoms with Gasteiger partial charge in [-0.15, -0.1) is 0 Å². The van der Waals surface area contributed by atoms with E-state index in [9.17, 15) is 0 Å². The summed E-state index contributed by atoms with van der Waals surface area (Å²) >= 11 is 3.59. The Morgan fingerprint density at radius 2 is 1.95 bits per heavy atom. The Morgan fingerprint density at radius 1 is 1.26 bits per heavy atom. The molecule has 0 aromatic heterocycles. The van der Waals surface area contributed by atoms with Gasteiger partial charge >= 0.3 is 0 Å². The van der Waals surface area contributed by atoms with Crippen LogP contribution in [0.4, 0.5) is 5.69 Å². The van der Waals surface area contributed by atoms with Crippen LogP contribution < -0.4 is 10.6 Å². The van der Waals surface area contributed by atoms with Crippen molar-refractivity contribution in [1.82, 2.24) is 4.90 Å². The zero-order valence-electron chi connectivity index (χ0n) is 11.9. The second-order valence-electron chi connectivity index (χ2n) is 5.38. The molecule has 1 unspecified atom stereocenters. The molecule has 0 bridgehead atoms. The van der Waals surface area contributed by atoms with E-state index in [2.05, 4.69) is 57.8 Å². The second-order valence-corrected chi connectivity index (χ2v) is 6.29. The molecule has 1 aliphatic rings. The van der Waals surface area contributed by atoms with E-state index in [-0.39, 0.29) is 6.04 Å². The molecule has 2 N–H and O–H groups in total. The summed E-state index contributed by atoms with van der Waals surface area (Å²) in [4.78, 5) is 4.99. The quantitative estimate of drug-likeness (QED) is 0.923. The lowest BCUT2D eigenvalue weighted by molar-refractivity contribution is 0.271. The number of rotatable bonds is 4. The molecule has 1 atom stereocenters. The zero-order chi connectivity index (χ0) is 13.8. The molecular weight excluding hydrogens is 302 g/mol. The number of piperazine rings is 1. The standard InChI is InChI=1S/C15H24BrN3/c1-3-18-6-8-19(9-7-18)15-11-14(16)5-4-13(15)10-12(2)17/h4-5,11-12H,3,6-10,17H2,1-2H3. The van der Waals surface area contributed by atoms with Crippen LogP contribution in [-0.2, 0) is 6.42 Å². The van der Waals surface area contributed by atoms with E-state index in [0.29, 0.717) is 0 Å². The summed E-state index contributed by atoms with van der Waals surface area (Å²) in [6, 6.07) is 6.76. The van der Waals surface area contributed by atoms with Gasteiger partial charge in [0.15, 0.2) is 0 Å². The van der Waals surface area contributed by atoms with Gasteiger partial charge in [0.1, 0.15) is 0 Å². The fourth-order valence-corrected chi connectivity index (χ4v) is 3.00. The lowest BCUT2D eigenvalue weighted by atomic mass is 10.0. The molecule has 3 nitrogen and oxygen atoms in total. The van der Waals surface area contributed by atoms with Gasteiger partial charge in [0.2, 0.25) is 0 Å². The maximum Gasteiger partial charge on any atom is 0.0411 e. The van der Waals surface area contributed by atoms with Gasteiger partial charge in [-0.05, 0) is 37.6 Å². The van der Waals surface area contributed by atoms with E-state index < -0.39 is 0 Å². The van der Waals surface area contributed by atoms with Gasteiger partial charge in [-0.25, -0.2) is 0 Å².